The molecule has 522 valence electrons. The molecule has 0 radical (unpaired) electrons. The van der Waals surface area contributed by atoms with Gasteiger partial charge in [0.2, 0.25) is 0 Å². The summed E-state index contributed by atoms with van der Waals surface area (Å²) >= 11 is 0. The van der Waals surface area contributed by atoms with Gasteiger partial charge in [-0.25, -0.2) is 9.13 Å². The number of hydrogen-bond donors (Lipinski definition) is 3. The van der Waals surface area contributed by atoms with Crippen LogP contribution in [0.1, 0.15) is 362 Å². The van der Waals surface area contributed by atoms with E-state index in [-0.39, 0.29) is 25.7 Å². The molecule has 19 heteroatoms. The Morgan fingerprint density at radius 3 is 0.670 bits per heavy atom. The molecule has 2 unspecified atom stereocenters. The van der Waals surface area contributed by atoms with E-state index in [0.29, 0.717) is 25.7 Å². The molecule has 0 heterocycles. The topological polar surface area (TPSA) is 237 Å². The second kappa shape index (κ2) is 63.8. The zero-order valence-electron chi connectivity index (χ0n) is 56.7. The molecule has 0 aromatic heterocycles. The quantitative estimate of drug-likeness (QED) is 0.0222. The third kappa shape index (κ3) is 62.8. The summed E-state index contributed by atoms with van der Waals surface area (Å²) in [6.45, 7) is 4.94. The van der Waals surface area contributed by atoms with Crippen molar-refractivity contribution >= 4 is 39.5 Å². The summed E-state index contributed by atoms with van der Waals surface area (Å²) < 4.78 is 68.2. The average molecular weight is 1300 g/mol. The lowest BCUT2D eigenvalue weighted by Gasteiger charge is -2.21. The van der Waals surface area contributed by atoms with Crippen molar-refractivity contribution in [1.82, 2.24) is 0 Å². The maximum Gasteiger partial charge on any atom is 0.472 e. The van der Waals surface area contributed by atoms with E-state index in [0.717, 1.165) is 89.9 Å². The molecule has 0 saturated carbocycles. The highest BCUT2D eigenvalue weighted by Crippen LogP contribution is 2.45. The highest BCUT2D eigenvalue weighted by atomic mass is 31.2. The van der Waals surface area contributed by atoms with E-state index in [4.69, 9.17) is 37.0 Å². The lowest BCUT2D eigenvalue weighted by molar-refractivity contribution is -0.161. The number of carbonyl (C=O) groups excluding carboxylic acids is 4. The zero-order valence-corrected chi connectivity index (χ0v) is 58.5. The SMILES string of the molecule is CCCCCCCCCCCCCCCCC(=O)O[C@H](COC(=O)CCCCCCCCCCCCCC)COP(=O)(O)OC[C@@H](O)COP(=O)(O)OC[C@@H](COC(=O)CCCCCCCCCCCCC)OC(=O)CCCCCCCCCCCCC. The number of phosphoric acid groups is 2. The summed E-state index contributed by atoms with van der Waals surface area (Å²) in [5, 5.41) is 10.6. The summed E-state index contributed by atoms with van der Waals surface area (Å²) in [5.41, 5.74) is 0. The Hall–Kier alpha value is -1.94. The van der Waals surface area contributed by atoms with Crippen molar-refractivity contribution in [2.45, 2.75) is 380 Å². The van der Waals surface area contributed by atoms with Crippen molar-refractivity contribution < 1.29 is 80.2 Å². The molecule has 0 aromatic carbocycles. The number of hydrogen-bond acceptors (Lipinski definition) is 15. The third-order valence-electron chi connectivity index (χ3n) is 16.1. The van der Waals surface area contributed by atoms with Crippen LogP contribution in [0.15, 0.2) is 0 Å². The maximum atomic E-state index is 13.0. The van der Waals surface area contributed by atoms with E-state index in [9.17, 15) is 43.2 Å². The van der Waals surface area contributed by atoms with Crippen LogP contribution in [-0.4, -0.2) is 96.7 Å². The number of rotatable bonds is 70. The van der Waals surface area contributed by atoms with Gasteiger partial charge < -0.3 is 33.8 Å². The Kier molecular flexibility index (Phi) is 62.4. The zero-order chi connectivity index (χ0) is 64.7. The van der Waals surface area contributed by atoms with Gasteiger partial charge in [0, 0.05) is 25.7 Å². The minimum Gasteiger partial charge on any atom is -0.462 e. The fourth-order valence-corrected chi connectivity index (χ4v) is 12.1. The van der Waals surface area contributed by atoms with Gasteiger partial charge in [0.25, 0.3) is 0 Å². The molecule has 0 aliphatic rings. The third-order valence-corrected chi connectivity index (χ3v) is 18.0. The molecule has 0 bridgehead atoms. The Balaban J connectivity index is 5.24. The molecule has 0 rings (SSSR count). The second-order valence-electron chi connectivity index (χ2n) is 24.9. The van der Waals surface area contributed by atoms with Crippen molar-refractivity contribution in [2.75, 3.05) is 39.6 Å². The lowest BCUT2D eigenvalue weighted by Crippen LogP contribution is -2.30. The van der Waals surface area contributed by atoms with Crippen LogP contribution in [0.2, 0.25) is 0 Å². The van der Waals surface area contributed by atoms with Gasteiger partial charge in [-0.15, -0.1) is 0 Å². The number of carbonyl (C=O) groups is 4. The van der Waals surface area contributed by atoms with Crippen LogP contribution in [0.3, 0.4) is 0 Å². The van der Waals surface area contributed by atoms with E-state index < -0.39 is 97.5 Å². The van der Waals surface area contributed by atoms with E-state index in [2.05, 4.69) is 27.7 Å². The molecule has 0 aliphatic carbocycles. The molecule has 88 heavy (non-hydrogen) atoms. The van der Waals surface area contributed by atoms with Crippen molar-refractivity contribution in [3.8, 4) is 0 Å². The molecule has 0 aromatic rings. The summed E-state index contributed by atoms with van der Waals surface area (Å²) in [6, 6.07) is 0. The molecule has 3 N–H and O–H groups in total. The van der Waals surface area contributed by atoms with E-state index >= 15 is 0 Å². The second-order valence-corrected chi connectivity index (χ2v) is 27.8. The smallest absolute Gasteiger partial charge is 0.462 e. The summed E-state index contributed by atoms with van der Waals surface area (Å²) in [6.07, 6.45) is 51.1. The van der Waals surface area contributed by atoms with Crippen LogP contribution < -0.4 is 0 Å². The van der Waals surface area contributed by atoms with Crippen molar-refractivity contribution in [3.05, 3.63) is 0 Å². The summed E-state index contributed by atoms with van der Waals surface area (Å²) in [5.74, 6) is -2.12. The molecular weight excluding hydrogens is 1160 g/mol. The van der Waals surface area contributed by atoms with Crippen LogP contribution in [0.4, 0.5) is 0 Å². The molecule has 0 aliphatic heterocycles. The van der Waals surface area contributed by atoms with Gasteiger partial charge in [0.1, 0.15) is 19.3 Å². The van der Waals surface area contributed by atoms with Gasteiger partial charge in [-0.2, -0.15) is 0 Å². The molecule has 0 saturated heterocycles. The fourth-order valence-electron chi connectivity index (χ4n) is 10.5. The number of phosphoric ester groups is 2. The Bertz CT molecular complexity index is 1690. The van der Waals surface area contributed by atoms with Crippen molar-refractivity contribution in [3.63, 3.8) is 0 Å². The molecule has 0 amide bonds. The summed E-state index contributed by atoms with van der Waals surface area (Å²) in [4.78, 5) is 72.5. The first-order valence-electron chi connectivity index (χ1n) is 36.3. The molecular formula is C69H134O17P2. The average Bonchev–Trinajstić information content (AvgIpc) is 3.55. The Labute approximate surface area is 537 Å². The number of aliphatic hydroxyl groups is 1. The number of unbranched alkanes of at least 4 members (excludes halogenated alkanes) is 44. The predicted octanol–water partition coefficient (Wildman–Crippen LogP) is 19.9. The highest BCUT2D eigenvalue weighted by molar-refractivity contribution is 7.47. The van der Waals surface area contributed by atoms with Gasteiger partial charge in [-0.3, -0.25) is 37.3 Å². The van der Waals surface area contributed by atoms with Gasteiger partial charge in [0.05, 0.1) is 26.4 Å². The van der Waals surface area contributed by atoms with Gasteiger partial charge in [-0.05, 0) is 25.7 Å². The van der Waals surface area contributed by atoms with Gasteiger partial charge in [0.15, 0.2) is 12.2 Å². The number of ether oxygens (including phenoxy) is 4. The first kappa shape index (κ1) is 86.1. The monoisotopic (exact) mass is 1300 g/mol. The van der Waals surface area contributed by atoms with E-state index in [1.807, 2.05) is 0 Å². The molecule has 0 fully saturated rings. The van der Waals surface area contributed by atoms with Crippen LogP contribution in [0.5, 0.6) is 0 Å². The van der Waals surface area contributed by atoms with Crippen LogP contribution in [-0.2, 0) is 65.4 Å². The molecule has 0 spiro atoms. The van der Waals surface area contributed by atoms with E-state index in [1.54, 1.807) is 0 Å². The first-order chi connectivity index (χ1) is 42.7. The van der Waals surface area contributed by atoms with Gasteiger partial charge >= 0.3 is 39.5 Å². The standard InChI is InChI=1S/C69H134O17P2/c1-5-9-13-17-21-25-29-31-32-36-40-44-48-52-56-69(74)86-65(60-80-67(72)54-50-46-42-38-35-30-26-22-18-14-10-6-2)62-84-88(77,78)82-58-63(70)57-81-87(75,76)83-61-64(85-68(73)55-51-47-43-39-34-28-24-20-16-12-8-4)59-79-66(71)53-49-45-41-37-33-27-23-19-15-11-7-3/h63-65,70H,5-62H2,1-4H3,(H,75,76)(H,77,78)/t63-,64+,65+/m0/s1. The highest BCUT2D eigenvalue weighted by Gasteiger charge is 2.30. The van der Waals surface area contributed by atoms with Crippen molar-refractivity contribution in [2.24, 2.45) is 0 Å². The minimum absolute atomic E-state index is 0.108. The minimum atomic E-state index is -4.95. The van der Waals surface area contributed by atoms with Crippen LogP contribution >= 0.6 is 15.6 Å². The first-order valence-corrected chi connectivity index (χ1v) is 39.3. The Morgan fingerprint density at radius 1 is 0.273 bits per heavy atom. The normalized spacial score (nSPS) is 14.0. The maximum absolute atomic E-state index is 13.0. The van der Waals surface area contributed by atoms with Crippen LogP contribution in [0, 0.1) is 0 Å². The van der Waals surface area contributed by atoms with Gasteiger partial charge in [-0.1, -0.05) is 310 Å². The fraction of sp³-hybridized carbons (Fsp3) is 0.942. The predicted molar refractivity (Wildman–Crippen MR) is 354 cm³/mol. The number of aliphatic hydroxyl groups excluding tert-OH is 1. The largest absolute Gasteiger partial charge is 0.472 e. The van der Waals surface area contributed by atoms with Crippen molar-refractivity contribution in [1.29, 1.82) is 0 Å². The molecule has 17 nitrogen and oxygen atoms in total. The molecule has 5 atom stereocenters. The Morgan fingerprint density at radius 2 is 0.455 bits per heavy atom. The number of esters is 4. The lowest BCUT2D eigenvalue weighted by atomic mass is 10.0. The van der Waals surface area contributed by atoms with E-state index in [1.165, 1.54) is 193 Å². The van der Waals surface area contributed by atoms with Crippen LogP contribution in [0.25, 0.3) is 0 Å². The summed E-state index contributed by atoms with van der Waals surface area (Å²) in [7, 11) is -9.89.